The molecule has 0 bridgehead atoms. The molecule has 0 aromatic carbocycles. The Morgan fingerprint density at radius 2 is 1.94 bits per heavy atom. The molecule has 1 aromatic heterocycles. The summed E-state index contributed by atoms with van der Waals surface area (Å²) in [5.74, 6) is 0. The van der Waals surface area contributed by atoms with Gasteiger partial charge in [0.15, 0.2) is 0 Å². The maximum Gasteiger partial charge on any atom is 0.0992 e. The fourth-order valence-electron chi connectivity index (χ4n) is 3.38. The van der Waals surface area contributed by atoms with Gasteiger partial charge in [0, 0.05) is 15.4 Å². The summed E-state index contributed by atoms with van der Waals surface area (Å²) in [5.41, 5.74) is 1.02. The van der Waals surface area contributed by atoms with Crippen molar-refractivity contribution in [1.82, 2.24) is 4.90 Å². The number of rotatable bonds is 5. The first-order valence-corrected chi connectivity index (χ1v) is 8.54. The molecule has 18 heavy (non-hydrogen) atoms. The average Bonchev–Trinajstić information content (AvgIpc) is 3.00. The molecule has 0 aliphatic heterocycles. The van der Waals surface area contributed by atoms with Gasteiger partial charge < -0.3 is 5.11 Å². The largest absolute Gasteiger partial charge is 0.386 e. The molecular weight excluding hydrogens is 310 g/mol. The van der Waals surface area contributed by atoms with Crippen LogP contribution in [0.5, 0.6) is 0 Å². The molecule has 1 heterocycles. The zero-order valence-electron chi connectivity index (χ0n) is 11.2. The van der Waals surface area contributed by atoms with Crippen LogP contribution in [0.1, 0.15) is 51.2 Å². The fourth-order valence-corrected chi connectivity index (χ4v) is 4.91. The third-order valence-corrected chi connectivity index (χ3v) is 6.06. The van der Waals surface area contributed by atoms with Crippen molar-refractivity contribution >= 4 is 27.3 Å². The van der Waals surface area contributed by atoms with Crippen LogP contribution in [0.3, 0.4) is 0 Å². The number of likely N-dealkylation sites (N-methyl/N-ethyl adjacent to an activating group) is 1. The minimum absolute atomic E-state index is 0.0485. The van der Waals surface area contributed by atoms with E-state index in [-0.39, 0.29) is 11.6 Å². The van der Waals surface area contributed by atoms with E-state index in [4.69, 9.17) is 0 Å². The maximum atomic E-state index is 10.9. The molecule has 0 amide bonds. The monoisotopic (exact) mass is 331 g/mol. The predicted octanol–water partition coefficient (Wildman–Crippen LogP) is 4.20. The van der Waals surface area contributed by atoms with Gasteiger partial charge in [-0.15, -0.1) is 0 Å². The van der Waals surface area contributed by atoms with Crippen molar-refractivity contribution in [1.29, 1.82) is 0 Å². The number of hydrogen-bond acceptors (Lipinski definition) is 3. The first-order valence-electron chi connectivity index (χ1n) is 6.80. The first-order chi connectivity index (χ1) is 8.65. The van der Waals surface area contributed by atoms with Crippen LogP contribution in [0.25, 0.3) is 0 Å². The van der Waals surface area contributed by atoms with Crippen LogP contribution in [-0.4, -0.2) is 28.6 Å². The zero-order valence-corrected chi connectivity index (χ0v) is 13.6. The van der Waals surface area contributed by atoms with Gasteiger partial charge in [-0.05, 0) is 47.2 Å². The number of halogens is 1. The zero-order chi connectivity index (χ0) is 13.2. The van der Waals surface area contributed by atoms with Crippen LogP contribution in [0.2, 0.25) is 0 Å². The summed E-state index contributed by atoms with van der Waals surface area (Å²) in [7, 11) is 0. The standard InChI is InChI=1S/C14H22BrNOS/c1-3-16(4-2)14(7-5-6-8-14)13(17)11-9-18-10-12(11)15/h9-10,13,17H,3-8H2,1-2H3. The smallest absolute Gasteiger partial charge is 0.0992 e. The Morgan fingerprint density at radius 1 is 1.33 bits per heavy atom. The van der Waals surface area contributed by atoms with Crippen molar-refractivity contribution < 1.29 is 5.11 Å². The molecule has 1 atom stereocenters. The Bertz CT molecular complexity index is 383. The highest BCUT2D eigenvalue weighted by atomic mass is 79.9. The molecular formula is C14H22BrNOS. The van der Waals surface area contributed by atoms with Crippen LogP contribution in [0.4, 0.5) is 0 Å². The van der Waals surface area contributed by atoms with E-state index in [2.05, 4.69) is 45.4 Å². The molecule has 1 aromatic rings. The van der Waals surface area contributed by atoms with Crippen LogP contribution in [0, 0.1) is 0 Å². The third-order valence-electron chi connectivity index (χ3n) is 4.31. The molecule has 0 radical (unpaired) electrons. The maximum absolute atomic E-state index is 10.9. The Balaban J connectivity index is 2.33. The topological polar surface area (TPSA) is 23.5 Å². The molecule has 1 aliphatic rings. The van der Waals surface area contributed by atoms with Gasteiger partial charge in [-0.3, -0.25) is 4.90 Å². The average molecular weight is 332 g/mol. The number of nitrogens with zero attached hydrogens (tertiary/aromatic N) is 1. The molecule has 0 saturated heterocycles. The van der Waals surface area contributed by atoms with Crippen LogP contribution in [0.15, 0.2) is 15.2 Å². The number of aliphatic hydroxyl groups excluding tert-OH is 1. The Morgan fingerprint density at radius 3 is 2.39 bits per heavy atom. The van der Waals surface area contributed by atoms with E-state index >= 15 is 0 Å². The van der Waals surface area contributed by atoms with Gasteiger partial charge in [-0.1, -0.05) is 26.7 Å². The Labute approximate surface area is 122 Å². The van der Waals surface area contributed by atoms with Crippen molar-refractivity contribution in [3.05, 3.63) is 20.8 Å². The van der Waals surface area contributed by atoms with Gasteiger partial charge in [0.2, 0.25) is 0 Å². The number of thiophene rings is 1. The summed E-state index contributed by atoms with van der Waals surface area (Å²) < 4.78 is 1.05. The molecule has 102 valence electrons. The highest BCUT2D eigenvalue weighted by Gasteiger charge is 2.45. The van der Waals surface area contributed by atoms with Gasteiger partial charge in [0.25, 0.3) is 0 Å². The summed E-state index contributed by atoms with van der Waals surface area (Å²) in [6, 6.07) is 0. The van der Waals surface area contributed by atoms with Crippen molar-refractivity contribution in [3.8, 4) is 0 Å². The molecule has 1 aliphatic carbocycles. The van der Waals surface area contributed by atoms with E-state index in [1.165, 1.54) is 12.8 Å². The molecule has 0 spiro atoms. The molecule has 1 fully saturated rings. The molecule has 1 N–H and O–H groups in total. The highest BCUT2D eigenvalue weighted by Crippen LogP contribution is 2.46. The van der Waals surface area contributed by atoms with Crippen molar-refractivity contribution in [2.75, 3.05) is 13.1 Å². The third kappa shape index (κ3) is 2.40. The SMILES string of the molecule is CCN(CC)C1(C(O)c2cscc2Br)CCCC1. The lowest BCUT2D eigenvalue weighted by molar-refractivity contribution is -0.0270. The van der Waals surface area contributed by atoms with Crippen LogP contribution < -0.4 is 0 Å². The van der Waals surface area contributed by atoms with Crippen LogP contribution in [-0.2, 0) is 0 Å². The summed E-state index contributed by atoms with van der Waals surface area (Å²) in [6.45, 7) is 6.41. The molecule has 2 nitrogen and oxygen atoms in total. The van der Waals surface area contributed by atoms with Gasteiger partial charge in [0.05, 0.1) is 11.6 Å². The lowest BCUT2D eigenvalue weighted by Crippen LogP contribution is -2.51. The molecule has 1 unspecified atom stereocenters. The Kier molecular flexibility index (Phi) is 4.86. The van der Waals surface area contributed by atoms with Crippen LogP contribution >= 0.6 is 27.3 Å². The highest BCUT2D eigenvalue weighted by molar-refractivity contribution is 9.10. The second kappa shape index (κ2) is 6.04. The molecule has 1 saturated carbocycles. The normalized spacial score (nSPS) is 20.5. The van der Waals surface area contributed by atoms with Crippen molar-refractivity contribution in [2.24, 2.45) is 0 Å². The second-order valence-corrected chi connectivity index (χ2v) is 6.66. The fraction of sp³-hybridized carbons (Fsp3) is 0.714. The van der Waals surface area contributed by atoms with Gasteiger partial charge in [-0.2, -0.15) is 11.3 Å². The summed E-state index contributed by atoms with van der Waals surface area (Å²) in [5, 5.41) is 15.0. The quantitative estimate of drug-likeness (QED) is 0.874. The van der Waals surface area contributed by atoms with Crippen molar-refractivity contribution in [2.45, 2.75) is 51.2 Å². The van der Waals surface area contributed by atoms with Gasteiger partial charge in [-0.25, -0.2) is 0 Å². The van der Waals surface area contributed by atoms with Gasteiger partial charge in [0.1, 0.15) is 0 Å². The minimum Gasteiger partial charge on any atom is -0.386 e. The second-order valence-electron chi connectivity index (χ2n) is 5.06. The number of aliphatic hydroxyl groups is 1. The lowest BCUT2D eigenvalue weighted by atomic mass is 9.85. The first kappa shape index (κ1) is 14.5. The minimum atomic E-state index is -0.375. The van der Waals surface area contributed by atoms with E-state index in [9.17, 15) is 5.11 Å². The Hall–Kier alpha value is 0.100. The summed E-state index contributed by atoms with van der Waals surface area (Å²) >= 11 is 5.22. The van der Waals surface area contributed by atoms with Gasteiger partial charge >= 0.3 is 0 Å². The summed E-state index contributed by atoms with van der Waals surface area (Å²) in [6.07, 6.45) is 4.31. The molecule has 2 rings (SSSR count). The lowest BCUT2D eigenvalue weighted by Gasteiger charge is -2.44. The van der Waals surface area contributed by atoms with E-state index in [1.807, 2.05) is 0 Å². The summed E-state index contributed by atoms with van der Waals surface area (Å²) in [4.78, 5) is 2.45. The van der Waals surface area contributed by atoms with Crippen molar-refractivity contribution in [3.63, 3.8) is 0 Å². The van der Waals surface area contributed by atoms with E-state index < -0.39 is 0 Å². The van der Waals surface area contributed by atoms with E-state index in [0.29, 0.717) is 0 Å². The predicted molar refractivity (Wildman–Crippen MR) is 81.1 cm³/mol. The molecule has 4 heteroatoms. The number of hydrogen-bond donors (Lipinski definition) is 1. The van der Waals surface area contributed by atoms with E-state index in [1.54, 1.807) is 11.3 Å². The van der Waals surface area contributed by atoms with E-state index in [0.717, 1.165) is 36.0 Å².